The topological polar surface area (TPSA) is 81.1 Å². The molecule has 0 bridgehead atoms. The van der Waals surface area contributed by atoms with Crippen LogP contribution < -0.4 is 15.4 Å². The Morgan fingerprint density at radius 3 is 2.59 bits per heavy atom. The van der Waals surface area contributed by atoms with Crippen LogP contribution in [0.3, 0.4) is 0 Å². The maximum Gasteiger partial charge on any atom is 0.319 e. The molecular weight excluding hydrogens is 366 g/mol. The second-order valence-corrected chi connectivity index (χ2v) is 7.32. The van der Waals surface area contributed by atoms with Gasteiger partial charge in [0.2, 0.25) is 5.88 Å². The molecule has 7 nitrogen and oxygen atoms in total. The highest BCUT2D eigenvalue weighted by atomic mass is 16.5. The summed E-state index contributed by atoms with van der Waals surface area (Å²) in [7, 11) is 0. The fourth-order valence-electron chi connectivity index (χ4n) is 3.00. The summed E-state index contributed by atoms with van der Waals surface area (Å²) in [4.78, 5) is 16.6. The van der Waals surface area contributed by atoms with E-state index < -0.39 is 0 Å². The molecule has 152 valence electrons. The summed E-state index contributed by atoms with van der Waals surface area (Å²) in [5.41, 5.74) is 3.51. The molecule has 3 rings (SSSR count). The van der Waals surface area contributed by atoms with E-state index in [4.69, 9.17) is 4.74 Å². The Kier molecular flexibility index (Phi) is 6.49. The van der Waals surface area contributed by atoms with Crippen LogP contribution in [-0.2, 0) is 6.54 Å². The van der Waals surface area contributed by atoms with Crippen molar-refractivity contribution >= 4 is 11.7 Å². The zero-order valence-corrected chi connectivity index (χ0v) is 17.2. The predicted molar refractivity (Wildman–Crippen MR) is 114 cm³/mol. The first-order valence-electron chi connectivity index (χ1n) is 9.74. The second kappa shape index (κ2) is 9.23. The van der Waals surface area contributed by atoms with Crippen molar-refractivity contribution in [3.05, 3.63) is 66.1 Å². The van der Waals surface area contributed by atoms with Crippen LogP contribution in [0.5, 0.6) is 5.88 Å². The molecule has 0 atom stereocenters. The molecule has 0 aliphatic carbocycles. The first-order chi connectivity index (χ1) is 13.9. The number of nitrogens with one attached hydrogen (secondary N) is 2. The summed E-state index contributed by atoms with van der Waals surface area (Å²) in [5.74, 6) is 0.731. The minimum absolute atomic E-state index is 0.0459. The molecule has 0 fully saturated rings. The largest absolute Gasteiger partial charge is 0.475 e. The van der Waals surface area contributed by atoms with Crippen molar-refractivity contribution in [1.29, 1.82) is 0 Å². The van der Waals surface area contributed by atoms with Crippen LogP contribution in [0.1, 0.15) is 44.9 Å². The molecule has 0 aliphatic heterocycles. The number of carbonyl (C=O) groups excluding carboxylic acids is 1. The lowest BCUT2D eigenvalue weighted by molar-refractivity contribution is 0.232. The molecule has 0 spiro atoms. The summed E-state index contributed by atoms with van der Waals surface area (Å²) < 4.78 is 7.45. The number of ether oxygens (including phenoxy) is 1. The lowest BCUT2D eigenvalue weighted by Crippen LogP contribution is -2.28. The average Bonchev–Trinajstić information content (AvgIpc) is 3.10. The van der Waals surface area contributed by atoms with Crippen molar-refractivity contribution in [2.24, 2.45) is 0 Å². The van der Waals surface area contributed by atoms with E-state index in [1.807, 2.05) is 61.0 Å². The van der Waals surface area contributed by atoms with E-state index in [2.05, 4.69) is 34.6 Å². The first kappa shape index (κ1) is 20.4. The van der Waals surface area contributed by atoms with Crippen molar-refractivity contribution < 1.29 is 9.53 Å². The van der Waals surface area contributed by atoms with Crippen molar-refractivity contribution in [2.45, 2.75) is 46.3 Å². The highest BCUT2D eigenvalue weighted by Gasteiger charge is 2.17. The van der Waals surface area contributed by atoms with E-state index in [1.165, 1.54) is 0 Å². The summed E-state index contributed by atoms with van der Waals surface area (Å²) in [5, 5.41) is 10.3. The van der Waals surface area contributed by atoms with E-state index in [1.54, 1.807) is 12.4 Å². The number of hydrogen-bond acceptors (Lipinski definition) is 4. The Morgan fingerprint density at radius 2 is 1.90 bits per heavy atom. The van der Waals surface area contributed by atoms with Crippen molar-refractivity contribution in [3.8, 4) is 11.6 Å². The third kappa shape index (κ3) is 5.34. The number of nitrogens with zero attached hydrogens (tertiary/aromatic N) is 3. The molecule has 0 unspecified atom stereocenters. The molecular formula is C22H27N5O2. The van der Waals surface area contributed by atoms with Gasteiger partial charge in [-0.3, -0.25) is 0 Å². The number of urea groups is 1. The molecule has 2 N–H and O–H groups in total. The Balaban J connectivity index is 1.68. The molecule has 0 radical (unpaired) electrons. The number of para-hydroxylation sites is 1. The number of aromatic nitrogens is 3. The maximum atomic E-state index is 12.5. The van der Waals surface area contributed by atoms with E-state index in [9.17, 15) is 4.79 Å². The lowest BCUT2D eigenvalue weighted by atomic mass is 10.1. The van der Waals surface area contributed by atoms with Crippen LogP contribution >= 0.6 is 0 Å². The number of hydrogen-bond donors (Lipinski definition) is 2. The molecule has 1 aromatic carbocycles. The van der Waals surface area contributed by atoms with Crippen LogP contribution in [0.2, 0.25) is 0 Å². The van der Waals surface area contributed by atoms with Crippen LogP contribution in [0.4, 0.5) is 10.5 Å². The van der Waals surface area contributed by atoms with Crippen LogP contribution in [0.15, 0.2) is 54.9 Å². The zero-order chi connectivity index (χ0) is 20.8. The smallest absolute Gasteiger partial charge is 0.319 e. The van der Waals surface area contributed by atoms with Crippen LogP contribution in [-0.4, -0.2) is 26.9 Å². The van der Waals surface area contributed by atoms with Gasteiger partial charge in [-0.2, -0.15) is 5.10 Å². The molecule has 2 heterocycles. The number of amides is 2. The van der Waals surface area contributed by atoms with Crippen LogP contribution in [0, 0.1) is 0 Å². The third-order valence-corrected chi connectivity index (χ3v) is 4.21. The van der Waals surface area contributed by atoms with Gasteiger partial charge in [-0.25, -0.2) is 14.5 Å². The summed E-state index contributed by atoms with van der Waals surface area (Å²) in [6, 6.07) is 13.3. The van der Waals surface area contributed by atoms with Crippen molar-refractivity contribution in [3.63, 3.8) is 0 Å². The summed E-state index contributed by atoms with van der Waals surface area (Å²) >= 11 is 0. The average molecular weight is 393 g/mol. The van der Waals surface area contributed by atoms with Gasteiger partial charge in [0.1, 0.15) is 0 Å². The van der Waals surface area contributed by atoms with E-state index >= 15 is 0 Å². The highest BCUT2D eigenvalue weighted by molar-refractivity contribution is 5.89. The van der Waals surface area contributed by atoms with Gasteiger partial charge in [0.15, 0.2) is 0 Å². The molecule has 2 aromatic heterocycles. The van der Waals surface area contributed by atoms with Gasteiger partial charge in [0.05, 0.1) is 29.4 Å². The maximum absolute atomic E-state index is 12.5. The van der Waals surface area contributed by atoms with Gasteiger partial charge in [0.25, 0.3) is 0 Å². The summed E-state index contributed by atoms with van der Waals surface area (Å²) in [6.45, 7) is 8.41. The number of anilines is 1. The van der Waals surface area contributed by atoms with Gasteiger partial charge in [-0.15, -0.1) is 0 Å². The Labute approximate surface area is 171 Å². The van der Waals surface area contributed by atoms with Gasteiger partial charge in [-0.05, 0) is 43.5 Å². The number of pyridine rings is 1. The Hall–Kier alpha value is -3.35. The Morgan fingerprint density at radius 1 is 1.14 bits per heavy atom. The fourth-order valence-corrected chi connectivity index (χ4v) is 3.00. The SMILES string of the molecule is CC(C)Oc1cc(CNC(=O)Nc2cnn(-c3ccccc3)c2C(C)C)ccn1. The van der Waals surface area contributed by atoms with E-state index in [0.717, 1.165) is 16.9 Å². The molecule has 7 heteroatoms. The first-order valence-corrected chi connectivity index (χ1v) is 9.74. The normalized spacial score (nSPS) is 11.0. The van der Waals surface area contributed by atoms with Gasteiger partial charge >= 0.3 is 6.03 Å². The highest BCUT2D eigenvalue weighted by Crippen LogP contribution is 2.26. The van der Waals surface area contributed by atoms with Gasteiger partial charge in [0, 0.05) is 18.8 Å². The van der Waals surface area contributed by atoms with Crippen molar-refractivity contribution in [2.75, 3.05) is 5.32 Å². The number of rotatable bonds is 7. The summed E-state index contributed by atoms with van der Waals surface area (Å²) in [6.07, 6.45) is 3.40. The minimum Gasteiger partial charge on any atom is -0.475 e. The second-order valence-electron chi connectivity index (χ2n) is 7.32. The third-order valence-electron chi connectivity index (χ3n) is 4.21. The molecule has 0 aliphatic rings. The monoisotopic (exact) mass is 393 g/mol. The molecule has 3 aromatic rings. The van der Waals surface area contributed by atoms with Crippen molar-refractivity contribution in [1.82, 2.24) is 20.1 Å². The lowest BCUT2D eigenvalue weighted by Gasteiger charge is -2.14. The number of carbonyl (C=O) groups is 1. The molecule has 0 saturated heterocycles. The van der Waals surface area contributed by atoms with E-state index in [-0.39, 0.29) is 18.1 Å². The van der Waals surface area contributed by atoms with E-state index in [0.29, 0.717) is 18.1 Å². The zero-order valence-electron chi connectivity index (χ0n) is 17.2. The molecule has 0 saturated carbocycles. The number of benzene rings is 1. The minimum atomic E-state index is -0.289. The quantitative estimate of drug-likeness (QED) is 0.619. The van der Waals surface area contributed by atoms with Crippen LogP contribution in [0.25, 0.3) is 5.69 Å². The van der Waals surface area contributed by atoms with Gasteiger partial charge < -0.3 is 15.4 Å². The Bertz CT molecular complexity index is 951. The van der Waals surface area contributed by atoms with Gasteiger partial charge in [-0.1, -0.05) is 32.0 Å². The molecule has 2 amide bonds. The fraction of sp³-hybridized carbons (Fsp3) is 0.318. The predicted octanol–water partition coefficient (Wildman–Crippen LogP) is 4.50. The standard InChI is InChI=1S/C22H27N5O2/c1-15(2)21-19(14-25-27(21)18-8-6-5-7-9-18)26-22(28)24-13-17-10-11-23-20(12-17)29-16(3)4/h5-12,14-16H,13H2,1-4H3,(H2,24,26,28). The molecule has 29 heavy (non-hydrogen) atoms.